The fourth-order valence-corrected chi connectivity index (χ4v) is 2.66. The predicted molar refractivity (Wildman–Crippen MR) is 82.2 cm³/mol. The number of piperidine rings is 1. The molecule has 1 saturated heterocycles. The summed E-state index contributed by atoms with van der Waals surface area (Å²) in [5, 5.41) is 6.10. The highest BCUT2D eigenvalue weighted by Crippen LogP contribution is 2.33. The summed E-state index contributed by atoms with van der Waals surface area (Å²) in [5.41, 5.74) is 0.0472. The Bertz CT molecular complexity index is 546. The lowest BCUT2D eigenvalue weighted by Crippen LogP contribution is -2.43. The van der Waals surface area contributed by atoms with Gasteiger partial charge in [0.2, 0.25) is 0 Å². The number of methoxy groups -OCH3 is 1. The van der Waals surface area contributed by atoms with E-state index in [-0.39, 0.29) is 22.5 Å². The van der Waals surface area contributed by atoms with Gasteiger partial charge in [-0.1, -0.05) is 13.0 Å². The standard InChI is InChI=1S/C16H22F2N2O3/c1-16(6-8-19-9-7-16)10-20-14(21)11-4-3-5-12(22-2)13(11)23-15(17)18/h3-5,15,19H,6-10H2,1-2H3,(H,20,21). The van der Waals surface area contributed by atoms with Crippen molar-refractivity contribution in [3.8, 4) is 11.5 Å². The van der Waals surface area contributed by atoms with Gasteiger partial charge in [0.1, 0.15) is 0 Å². The van der Waals surface area contributed by atoms with Crippen LogP contribution in [0.3, 0.4) is 0 Å². The molecule has 1 amide bonds. The third-order valence-electron chi connectivity index (χ3n) is 4.14. The van der Waals surface area contributed by atoms with Crippen molar-refractivity contribution in [2.75, 3.05) is 26.7 Å². The van der Waals surface area contributed by atoms with E-state index < -0.39 is 12.5 Å². The summed E-state index contributed by atoms with van der Waals surface area (Å²) < 4.78 is 34.7. The molecule has 5 nitrogen and oxygen atoms in total. The molecule has 0 atom stereocenters. The molecule has 2 N–H and O–H groups in total. The number of halogens is 2. The lowest BCUT2D eigenvalue weighted by molar-refractivity contribution is -0.0515. The number of hydrogen-bond donors (Lipinski definition) is 2. The van der Waals surface area contributed by atoms with Crippen LogP contribution in [0.5, 0.6) is 11.5 Å². The number of carbonyl (C=O) groups excluding carboxylic acids is 1. The average Bonchev–Trinajstić information content (AvgIpc) is 2.53. The summed E-state index contributed by atoms with van der Waals surface area (Å²) in [6, 6.07) is 4.49. The predicted octanol–water partition coefficient (Wildman–Crippen LogP) is 2.42. The van der Waals surface area contributed by atoms with Crippen LogP contribution in [0.2, 0.25) is 0 Å². The number of ether oxygens (including phenoxy) is 2. The van der Waals surface area contributed by atoms with Gasteiger partial charge in [0.15, 0.2) is 11.5 Å². The Morgan fingerprint density at radius 2 is 2.09 bits per heavy atom. The van der Waals surface area contributed by atoms with E-state index in [4.69, 9.17) is 4.74 Å². The van der Waals surface area contributed by atoms with E-state index in [0.717, 1.165) is 25.9 Å². The first-order valence-corrected chi connectivity index (χ1v) is 7.56. The first-order chi connectivity index (χ1) is 10.9. The van der Waals surface area contributed by atoms with Crippen LogP contribution in [0.15, 0.2) is 18.2 Å². The fourth-order valence-electron chi connectivity index (χ4n) is 2.66. The molecule has 0 radical (unpaired) electrons. The minimum atomic E-state index is -3.03. The highest BCUT2D eigenvalue weighted by Gasteiger charge is 2.28. The molecule has 1 aromatic rings. The molecule has 0 bridgehead atoms. The van der Waals surface area contributed by atoms with Gasteiger partial charge >= 0.3 is 6.61 Å². The van der Waals surface area contributed by atoms with Crippen LogP contribution in [0.4, 0.5) is 8.78 Å². The van der Waals surface area contributed by atoms with E-state index in [1.807, 2.05) is 0 Å². The Balaban J connectivity index is 2.12. The van der Waals surface area contributed by atoms with Gasteiger partial charge in [-0.25, -0.2) is 0 Å². The second kappa shape index (κ2) is 7.59. The molecular formula is C16H22F2N2O3. The number of rotatable bonds is 6. The van der Waals surface area contributed by atoms with Crippen molar-refractivity contribution in [3.05, 3.63) is 23.8 Å². The molecule has 7 heteroatoms. The summed E-state index contributed by atoms with van der Waals surface area (Å²) in [6.45, 7) is 1.38. The summed E-state index contributed by atoms with van der Waals surface area (Å²) in [6.07, 6.45) is 1.90. The van der Waals surface area contributed by atoms with Crippen LogP contribution >= 0.6 is 0 Å². The molecular weight excluding hydrogens is 306 g/mol. The SMILES string of the molecule is COc1cccc(C(=O)NCC2(C)CCNCC2)c1OC(F)F. The smallest absolute Gasteiger partial charge is 0.387 e. The van der Waals surface area contributed by atoms with Crippen LogP contribution in [0.1, 0.15) is 30.1 Å². The van der Waals surface area contributed by atoms with Crippen LogP contribution in [0, 0.1) is 5.41 Å². The zero-order valence-electron chi connectivity index (χ0n) is 13.3. The summed E-state index contributed by atoms with van der Waals surface area (Å²) in [5.74, 6) is -0.580. The van der Waals surface area contributed by atoms with Crippen molar-refractivity contribution in [2.24, 2.45) is 5.41 Å². The monoisotopic (exact) mass is 328 g/mol. The Hall–Kier alpha value is -1.89. The highest BCUT2D eigenvalue weighted by atomic mass is 19.3. The van der Waals surface area contributed by atoms with Gasteiger partial charge in [-0.3, -0.25) is 4.79 Å². The van der Waals surface area contributed by atoms with Crippen LogP contribution in [-0.2, 0) is 0 Å². The normalized spacial score (nSPS) is 16.9. The molecule has 1 fully saturated rings. The number of alkyl halides is 2. The number of nitrogens with one attached hydrogen (secondary N) is 2. The zero-order valence-corrected chi connectivity index (χ0v) is 13.3. The van der Waals surface area contributed by atoms with Gasteiger partial charge in [-0.05, 0) is 43.5 Å². The van der Waals surface area contributed by atoms with E-state index in [9.17, 15) is 13.6 Å². The van der Waals surface area contributed by atoms with E-state index >= 15 is 0 Å². The fraction of sp³-hybridized carbons (Fsp3) is 0.562. The lowest BCUT2D eigenvalue weighted by Gasteiger charge is -2.34. The maximum Gasteiger partial charge on any atom is 0.387 e. The van der Waals surface area contributed by atoms with E-state index in [1.165, 1.54) is 19.2 Å². The zero-order chi connectivity index (χ0) is 16.9. The van der Waals surface area contributed by atoms with Crippen molar-refractivity contribution in [1.29, 1.82) is 0 Å². The average molecular weight is 328 g/mol. The van der Waals surface area contributed by atoms with Gasteiger partial charge in [-0.2, -0.15) is 8.78 Å². The Morgan fingerprint density at radius 1 is 1.39 bits per heavy atom. The first kappa shape index (κ1) is 17.5. The number of para-hydroxylation sites is 1. The Morgan fingerprint density at radius 3 is 2.70 bits per heavy atom. The molecule has 23 heavy (non-hydrogen) atoms. The van der Waals surface area contributed by atoms with Crippen LogP contribution in [0.25, 0.3) is 0 Å². The highest BCUT2D eigenvalue weighted by molar-refractivity contribution is 5.97. The molecule has 128 valence electrons. The molecule has 0 aromatic heterocycles. The van der Waals surface area contributed by atoms with Gasteiger partial charge in [0, 0.05) is 6.54 Å². The van der Waals surface area contributed by atoms with Crippen LogP contribution in [-0.4, -0.2) is 39.3 Å². The molecule has 0 spiro atoms. The van der Waals surface area contributed by atoms with Gasteiger partial charge in [0.05, 0.1) is 12.7 Å². The van der Waals surface area contributed by atoms with E-state index in [0.29, 0.717) is 6.54 Å². The molecule has 2 rings (SSSR count). The second-order valence-corrected chi connectivity index (χ2v) is 5.96. The van der Waals surface area contributed by atoms with Crippen LogP contribution < -0.4 is 20.1 Å². The van der Waals surface area contributed by atoms with Crippen molar-refractivity contribution in [3.63, 3.8) is 0 Å². The summed E-state index contributed by atoms with van der Waals surface area (Å²) in [7, 11) is 1.34. The number of amides is 1. The van der Waals surface area contributed by atoms with E-state index in [1.54, 1.807) is 6.07 Å². The number of benzene rings is 1. The molecule has 1 aliphatic heterocycles. The van der Waals surface area contributed by atoms with E-state index in [2.05, 4.69) is 22.3 Å². The third kappa shape index (κ3) is 4.54. The quantitative estimate of drug-likeness (QED) is 0.842. The largest absolute Gasteiger partial charge is 0.493 e. The van der Waals surface area contributed by atoms with Crippen molar-refractivity contribution >= 4 is 5.91 Å². The van der Waals surface area contributed by atoms with Gasteiger partial charge in [-0.15, -0.1) is 0 Å². The molecule has 1 aromatic carbocycles. The molecule has 0 unspecified atom stereocenters. The minimum absolute atomic E-state index is 0.00348. The lowest BCUT2D eigenvalue weighted by atomic mass is 9.81. The Labute approximate surface area is 134 Å². The summed E-state index contributed by atoms with van der Waals surface area (Å²) in [4.78, 5) is 12.4. The summed E-state index contributed by atoms with van der Waals surface area (Å²) >= 11 is 0. The molecule has 1 heterocycles. The maximum absolute atomic E-state index is 12.6. The van der Waals surface area contributed by atoms with Crippen molar-refractivity contribution in [2.45, 2.75) is 26.4 Å². The molecule has 1 aliphatic rings. The first-order valence-electron chi connectivity index (χ1n) is 7.56. The number of hydrogen-bond acceptors (Lipinski definition) is 4. The van der Waals surface area contributed by atoms with Crippen molar-refractivity contribution in [1.82, 2.24) is 10.6 Å². The van der Waals surface area contributed by atoms with Gasteiger partial charge in [0.25, 0.3) is 5.91 Å². The molecule has 0 aliphatic carbocycles. The Kier molecular flexibility index (Phi) is 5.76. The molecule has 0 saturated carbocycles. The second-order valence-electron chi connectivity index (χ2n) is 5.96. The van der Waals surface area contributed by atoms with Gasteiger partial charge < -0.3 is 20.1 Å². The minimum Gasteiger partial charge on any atom is -0.493 e. The number of carbonyl (C=O) groups is 1. The maximum atomic E-state index is 12.6. The van der Waals surface area contributed by atoms with Crippen molar-refractivity contribution < 1.29 is 23.0 Å². The topological polar surface area (TPSA) is 59.6 Å². The third-order valence-corrected chi connectivity index (χ3v) is 4.14.